The lowest BCUT2D eigenvalue weighted by Crippen LogP contribution is -1.84. The van der Waals surface area contributed by atoms with E-state index in [4.69, 9.17) is 0 Å². The number of hydrogen-bond acceptors (Lipinski definition) is 2. The van der Waals surface area contributed by atoms with Crippen molar-refractivity contribution in [2.75, 3.05) is 0 Å². The van der Waals surface area contributed by atoms with Gasteiger partial charge >= 0.3 is 0 Å². The number of carbonyl (C=O) groups is 1. The first-order valence-corrected chi connectivity index (χ1v) is 4.25. The van der Waals surface area contributed by atoms with Crippen molar-refractivity contribution in [2.45, 2.75) is 12.8 Å². The van der Waals surface area contributed by atoms with Crippen LogP contribution >= 0.6 is 0 Å². The molecule has 2 heterocycles. The molecule has 0 radical (unpaired) electrons. The molecule has 13 heavy (non-hydrogen) atoms. The van der Waals surface area contributed by atoms with E-state index in [0.717, 1.165) is 29.3 Å². The zero-order valence-corrected chi connectivity index (χ0v) is 7.16. The maximum absolute atomic E-state index is 10.2. The monoisotopic (exact) mass is 174 g/mol. The predicted molar refractivity (Wildman–Crippen MR) is 50.5 cm³/mol. The van der Waals surface area contributed by atoms with Gasteiger partial charge in [0.25, 0.3) is 0 Å². The van der Waals surface area contributed by atoms with Gasteiger partial charge in [-0.3, -0.25) is 4.98 Å². The molecule has 0 saturated heterocycles. The van der Waals surface area contributed by atoms with Gasteiger partial charge in [0.05, 0.1) is 11.7 Å². The number of H-pyrrole nitrogens is 1. The standard InChI is InChI=1S/C10H10N2O/c13-5-1-2-9-6-8-3-4-11-7-10(8)12-9/h3-7,12H,1-2H2. The summed E-state index contributed by atoms with van der Waals surface area (Å²) in [5, 5.41) is 1.15. The van der Waals surface area contributed by atoms with Gasteiger partial charge in [0, 0.05) is 23.7 Å². The van der Waals surface area contributed by atoms with E-state index in [9.17, 15) is 4.79 Å². The Hall–Kier alpha value is -1.64. The number of aldehydes is 1. The quantitative estimate of drug-likeness (QED) is 0.720. The van der Waals surface area contributed by atoms with E-state index < -0.39 is 0 Å². The number of aromatic amines is 1. The molecule has 0 bridgehead atoms. The van der Waals surface area contributed by atoms with Gasteiger partial charge in [-0.2, -0.15) is 0 Å². The third kappa shape index (κ3) is 1.59. The normalized spacial score (nSPS) is 10.5. The van der Waals surface area contributed by atoms with Gasteiger partial charge in [-0.05, 0) is 18.6 Å². The number of hydrogen-bond donors (Lipinski definition) is 1. The summed E-state index contributed by atoms with van der Waals surface area (Å²) in [6, 6.07) is 4.01. The smallest absolute Gasteiger partial charge is 0.120 e. The zero-order chi connectivity index (χ0) is 9.10. The lowest BCUT2D eigenvalue weighted by Gasteiger charge is -1.88. The molecule has 0 aliphatic heterocycles. The highest BCUT2D eigenvalue weighted by Gasteiger charge is 1.98. The molecule has 0 fully saturated rings. The largest absolute Gasteiger partial charge is 0.357 e. The Morgan fingerprint density at radius 3 is 3.23 bits per heavy atom. The van der Waals surface area contributed by atoms with Gasteiger partial charge in [0.15, 0.2) is 0 Å². The predicted octanol–water partition coefficient (Wildman–Crippen LogP) is 1.69. The van der Waals surface area contributed by atoms with E-state index in [1.54, 1.807) is 12.4 Å². The van der Waals surface area contributed by atoms with Crippen molar-refractivity contribution in [1.29, 1.82) is 0 Å². The molecule has 2 aromatic heterocycles. The zero-order valence-electron chi connectivity index (χ0n) is 7.16. The molecule has 2 aromatic rings. The Balaban J connectivity index is 2.32. The van der Waals surface area contributed by atoms with Crippen molar-refractivity contribution in [2.24, 2.45) is 0 Å². The summed E-state index contributed by atoms with van der Waals surface area (Å²) < 4.78 is 0. The van der Waals surface area contributed by atoms with Crippen molar-refractivity contribution in [3.8, 4) is 0 Å². The fourth-order valence-corrected chi connectivity index (χ4v) is 1.38. The van der Waals surface area contributed by atoms with Crippen LogP contribution in [-0.4, -0.2) is 16.3 Å². The lowest BCUT2D eigenvalue weighted by molar-refractivity contribution is -0.107. The van der Waals surface area contributed by atoms with E-state index >= 15 is 0 Å². The van der Waals surface area contributed by atoms with Crippen LogP contribution in [0, 0.1) is 0 Å². The van der Waals surface area contributed by atoms with Gasteiger partial charge in [-0.15, -0.1) is 0 Å². The number of pyridine rings is 1. The SMILES string of the molecule is O=CCCc1cc2ccncc2[nH]1. The van der Waals surface area contributed by atoms with E-state index in [0.29, 0.717) is 6.42 Å². The molecule has 66 valence electrons. The van der Waals surface area contributed by atoms with Crippen LogP contribution in [-0.2, 0) is 11.2 Å². The van der Waals surface area contributed by atoms with E-state index in [1.165, 1.54) is 0 Å². The average Bonchev–Trinajstić information content (AvgIpc) is 2.57. The van der Waals surface area contributed by atoms with Gasteiger partial charge in [-0.1, -0.05) is 0 Å². The van der Waals surface area contributed by atoms with Crippen LogP contribution in [0.4, 0.5) is 0 Å². The first-order chi connectivity index (χ1) is 6.40. The molecule has 1 N–H and O–H groups in total. The fourth-order valence-electron chi connectivity index (χ4n) is 1.38. The van der Waals surface area contributed by atoms with Crippen LogP contribution in [0.15, 0.2) is 24.5 Å². The molecule has 0 unspecified atom stereocenters. The van der Waals surface area contributed by atoms with Gasteiger partial charge < -0.3 is 9.78 Å². The number of aromatic nitrogens is 2. The minimum Gasteiger partial charge on any atom is -0.357 e. The summed E-state index contributed by atoms with van der Waals surface area (Å²) in [6.07, 6.45) is 5.83. The summed E-state index contributed by atoms with van der Waals surface area (Å²) in [5.74, 6) is 0. The Kier molecular flexibility index (Phi) is 2.08. The first-order valence-electron chi connectivity index (χ1n) is 4.25. The van der Waals surface area contributed by atoms with Crippen molar-refractivity contribution in [3.63, 3.8) is 0 Å². The molecule has 0 aliphatic carbocycles. The number of aryl methyl sites for hydroxylation is 1. The van der Waals surface area contributed by atoms with E-state index in [1.807, 2.05) is 6.07 Å². The average molecular weight is 174 g/mol. The van der Waals surface area contributed by atoms with Crippen LogP contribution in [0.3, 0.4) is 0 Å². The van der Waals surface area contributed by atoms with Crippen molar-refractivity contribution < 1.29 is 4.79 Å². The van der Waals surface area contributed by atoms with Crippen LogP contribution in [0.5, 0.6) is 0 Å². The Labute approximate surface area is 75.8 Å². The summed E-state index contributed by atoms with van der Waals surface area (Å²) in [5.41, 5.74) is 2.12. The number of nitrogens with zero attached hydrogens (tertiary/aromatic N) is 1. The summed E-state index contributed by atoms with van der Waals surface area (Å²) in [7, 11) is 0. The molecule has 0 atom stereocenters. The topological polar surface area (TPSA) is 45.8 Å². The lowest BCUT2D eigenvalue weighted by atomic mass is 10.2. The summed E-state index contributed by atoms with van der Waals surface area (Å²) in [4.78, 5) is 17.4. The second-order valence-electron chi connectivity index (χ2n) is 2.96. The fraction of sp³-hybridized carbons (Fsp3) is 0.200. The van der Waals surface area contributed by atoms with Gasteiger partial charge in [-0.25, -0.2) is 0 Å². The van der Waals surface area contributed by atoms with Crippen LogP contribution in [0.25, 0.3) is 10.9 Å². The highest BCUT2D eigenvalue weighted by Crippen LogP contribution is 2.13. The van der Waals surface area contributed by atoms with Gasteiger partial charge in [0.1, 0.15) is 6.29 Å². The molecule has 0 aliphatic rings. The maximum Gasteiger partial charge on any atom is 0.120 e. The molecule has 0 spiro atoms. The second kappa shape index (κ2) is 3.39. The number of rotatable bonds is 3. The molecule has 0 saturated carbocycles. The third-order valence-corrected chi connectivity index (χ3v) is 2.01. The van der Waals surface area contributed by atoms with Crippen LogP contribution in [0.2, 0.25) is 0 Å². The Bertz CT molecular complexity index is 387. The molecule has 2 rings (SSSR count). The van der Waals surface area contributed by atoms with Crippen molar-refractivity contribution >= 4 is 17.2 Å². The molecule has 3 heteroatoms. The van der Waals surface area contributed by atoms with Crippen LogP contribution in [0.1, 0.15) is 12.1 Å². The molecule has 3 nitrogen and oxygen atoms in total. The van der Waals surface area contributed by atoms with Crippen molar-refractivity contribution in [3.05, 3.63) is 30.2 Å². The second-order valence-corrected chi connectivity index (χ2v) is 2.96. The van der Waals surface area contributed by atoms with E-state index in [2.05, 4.69) is 16.0 Å². The molecule has 0 aromatic carbocycles. The number of carbonyl (C=O) groups excluding carboxylic acids is 1. The minimum absolute atomic E-state index is 0.570. The van der Waals surface area contributed by atoms with Gasteiger partial charge in [0.2, 0.25) is 0 Å². The van der Waals surface area contributed by atoms with E-state index in [-0.39, 0.29) is 0 Å². The molecule has 0 amide bonds. The molecular weight excluding hydrogens is 164 g/mol. The van der Waals surface area contributed by atoms with Crippen LogP contribution < -0.4 is 0 Å². The van der Waals surface area contributed by atoms with Crippen molar-refractivity contribution in [1.82, 2.24) is 9.97 Å². The first kappa shape index (κ1) is 7.98. The number of nitrogens with one attached hydrogen (secondary N) is 1. The third-order valence-electron chi connectivity index (χ3n) is 2.01. The highest BCUT2D eigenvalue weighted by atomic mass is 16.1. The summed E-state index contributed by atoms with van der Waals surface area (Å²) in [6.45, 7) is 0. The number of fused-ring (bicyclic) bond motifs is 1. The Morgan fingerprint density at radius 1 is 1.54 bits per heavy atom. The summed E-state index contributed by atoms with van der Waals surface area (Å²) >= 11 is 0. The highest BCUT2D eigenvalue weighted by molar-refractivity contribution is 5.79. The minimum atomic E-state index is 0.570. The maximum atomic E-state index is 10.2. The molecular formula is C10H10N2O. The Morgan fingerprint density at radius 2 is 2.46 bits per heavy atom.